The third kappa shape index (κ3) is 3.05. The van der Waals surface area contributed by atoms with Crippen LogP contribution in [0.2, 0.25) is 0 Å². The number of aromatic nitrogens is 4. The summed E-state index contributed by atoms with van der Waals surface area (Å²) < 4.78 is 40.9. The molecule has 2 N–H and O–H groups in total. The highest BCUT2D eigenvalue weighted by Gasteiger charge is 2.34. The van der Waals surface area contributed by atoms with E-state index < -0.39 is 11.7 Å². The number of nitrogens with zero attached hydrogens (tertiary/aromatic N) is 4. The Morgan fingerprint density at radius 3 is 2.77 bits per heavy atom. The van der Waals surface area contributed by atoms with Crippen LogP contribution in [0.1, 0.15) is 28.8 Å². The van der Waals surface area contributed by atoms with Crippen LogP contribution in [-0.2, 0) is 6.18 Å². The second-order valence-corrected chi connectivity index (χ2v) is 5.94. The van der Waals surface area contributed by atoms with E-state index in [9.17, 15) is 18.0 Å². The number of fused-ring (bicyclic) bond motifs is 1. The minimum Gasteiger partial charge on any atom is -0.367 e. The highest BCUT2D eigenvalue weighted by atomic mass is 19.4. The highest BCUT2D eigenvalue weighted by Crippen LogP contribution is 2.35. The Hall–Kier alpha value is -3.17. The largest absolute Gasteiger partial charge is 0.419 e. The topological polar surface area (TPSA) is 84.2 Å². The molecule has 0 amide bonds. The lowest BCUT2D eigenvalue weighted by Gasteiger charge is -2.15. The Bertz CT molecular complexity index is 980. The Morgan fingerprint density at radius 1 is 1.27 bits per heavy atom. The maximum absolute atomic E-state index is 13.2. The van der Waals surface area contributed by atoms with Crippen molar-refractivity contribution >= 4 is 29.3 Å². The molecule has 1 fully saturated rings. The number of carbonyl (C=O) groups is 1. The molecule has 3 aromatic heterocycles. The minimum absolute atomic E-state index is 0.168. The van der Waals surface area contributed by atoms with Crippen molar-refractivity contribution in [1.82, 2.24) is 19.6 Å². The minimum atomic E-state index is -4.56. The fourth-order valence-corrected chi connectivity index (χ4v) is 2.53. The summed E-state index contributed by atoms with van der Waals surface area (Å²) in [5, 5.41) is 10.0. The summed E-state index contributed by atoms with van der Waals surface area (Å²) >= 11 is 0. The van der Waals surface area contributed by atoms with Gasteiger partial charge in [0.1, 0.15) is 11.6 Å². The molecule has 10 heteroatoms. The molecule has 0 radical (unpaired) electrons. The number of nitrogens with one attached hydrogen (secondary N) is 2. The summed E-state index contributed by atoms with van der Waals surface area (Å²) in [7, 11) is 0. The number of aldehydes is 1. The van der Waals surface area contributed by atoms with Crippen molar-refractivity contribution in [1.29, 1.82) is 0 Å². The van der Waals surface area contributed by atoms with Crippen molar-refractivity contribution in [3.8, 4) is 0 Å². The summed E-state index contributed by atoms with van der Waals surface area (Å²) in [6, 6.07) is 3.07. The lowest BCUT2D eigenvalue weighted by atomic mass is 10.2. The summed E-state index contributed by atoms with van der Waals surface area (Å²) in [4.78, 5) is 19.0. The maximum atomic E-state index is 13.2. The zero-order valence-electron chi connectivity index (χ0n) is 13.3. The number of carbonyl (C=O) groups excluding carboxylic acids is 1. The van der Waals surface area contributed by atoms with Crippen LogP contribution >= 0.6 is 0 Å². The molecule has 0 bridgehead atoms. The Balaban J connectivity index is 1.78. The van der Waals surface area contributed by atoms with Gasteiger partial charge in [0, 0.05) is 24.5 Å². The van der Waals surface area contributed by atoms with Gasteiger partial charge in [0.2, 0.25) is 0 Å². The van der Waals surface area contributed by atoms with Gasteiger partial charge in [-0.05, 0) is 18.9 Å². The van der Waals surface area contributed by atoms with E-state index in [1.54, 1.807) is 6.07 Å². The third-order valence-electron chi connectivity index (χ3n) is 3.94. The van der Waals surface area contributed by atoms with Gasteiger partial charge in [-0.3, -0.25) is 9.78 Å². The van der Waals surface area contributed by atoms with Crippen LogP contribution in [0.25, 0.3) is 5.65 Å². The molecule has 1 aliphatic rings. The van der Waals surface area contributed by atoms with E-state index in [0.29, 0.717) is 12.1 Å². The molecule has 4 rings (SSSR count). The van der Waals surface area contributed by atoms with Crippen LogP contribution < -0.4 is 10.6 Å². The number of pyridine rings is 1. The third-order valence-corrected chi connectivity index (χ3v) is 3.94. The number of hydrogen-bond acceptors (Lipinski definition) is 6. The van der Waals surface area contributed by atoms with Gasteiger partial charge in [0.05, 0.1) is 23.0 Å². The van der Waals surface area contributed by atoms with E-state index in [0.717, 1.165) is 19.0 Å². The number of hydrogen-bond donors (Lipinski definition) is 2. The quantitative estimate of drug-likeness (QED) is 0.678. The molecular formula is C16H13F3N6O. The van der Waals surface area contributed by atoms with Crippen molar-refractivity contribution < 1.29 is 18.0 Å². The highest BCUT2D eigenvalue weighted by molar-refractivity contribution is 5.85. The van der Waals surface area contributed by atoms with E-state index in [2.05, 4.69) is 25.7 Å². The summed E-state index contributed by atoms with van der Waals surface area (Å²) in [5.41, 5.74) is -0.564. The van der Waals surface area contributed by atoms with Crippen molar-refractivity contribution in [3.05, 3.63) is 41.9 Å². The predicted molar refractivity (Wildman–Crippen MR) is 87.5 cm³/mol. The molecule has 3 heterocycles. The smallest absolute Gasteiger partial charge is 0.367 e. The first-order chi connectivity index (χ1) is 12.5. The molecule has 7 nitrogen and oxygen atoms in total. The van der Waals surface area contributed by atoms with Gasteiger partial charge in [-0.25, -0.2) is 4.98 Å². The summed E-state index contributed by atoms with van der Waals surface area (Å²) in [6.45, 7) is 0. The van der Waals surface area contributed by atoms with E-state index in [1.807, 2.05) is 0 Å². The van der Waals surface area contributed by atoms with Crippen molar-refractivity contribution in [2.75, 3.05) is 10.6 Å². The molecule has 3 aromatic rings. The molecule has 134 valence electrons. The van der Waals surface area contributed by atoms with Crippen LogP contribution in [0.3, 0.4) is 0 Å². The molecule has 1 saturated carbocycles. The predicted octanol–water partition coefficient (Wildman–Crippen LogP) is 3.27. The fraction of sp³-hybridized carbons (Fsp3) is 0.250. The van der Waals surface area contributed by atoms with Gasteiger partial charge in [-0.15, -0.1) is 0 Å². The molecule has 26 heavy (non-hydrogen) atoms. The first-order valence-electron chi connectivity index (χ1n) is 7.84. The molecule has 1 aliphatic carbocycles. The average Bonchev–Trinajstić information content (AvgIpc) is 3.31. The van der Waals surface area contributed by atoms with Gasteiger partial charge in [-0.1, -0.05) is 0 Å². The number of anilines is 3. The lowest BCUT2D eigenvalue weighted by Crippen LogP contribution is -2.11. The Labute approximate surface area is 145 Å². The molecule has 0 unspecified atom stereocenters. The molecule has 0 aromatic carbocycles. The SMILES string of the molecule is O=Cc1cnn2c(NC3CC3)cc(Nc3ccncc3C(F)(F)F)nc12. The molecule has 0 aliphatic heterocycles. The number of alkyl halides is 3. The summed E-state index contributed by atoms with van der Waals surface area (Å²) in [6.07, 6.45) is 1.42. The monoisotopic (exact) mass is 362 g/mol. The lowest BCUT2D eigenvalue weighted by molar-refractivity contribution is -0.137. The molecule has 0 saturated heterocycles. The first-order valence-corrected chi connectivity index (χ1v) is 7.84. The van der Waals surface area contributed by atoms with E-state index in [-0.39, 0.29) is 28.8 Å². The Kier molecular flexibility index (Phi) is 3.74. The van der Waals surface area contributed by atoms with Gasteiger partial charge < -0.3 is 10.6 Å². The van der Waals surface area contributed by atoms with E-state index in [4.69, 9.17) is 0 Å². The molecule has 0 atom stereocenters. The van der Waals surface area contributed by atoms with Crippen molar-refractivity contribution in [3.63, 3.8) is 0 Å². The molecule has 0 spiro atoms. The number of halogens is 3. The van der Waals surface area contributed by atoms with Crippen molar-refractivity contribution in [2.24, 2.45) is 0 Å². The van der Waals surface area contributed by atoms with Crippen LogP contribution in [0, 0.1) is 0 Å². The maximum Gasteiger partial charge on any atom is 0.419 e. The zero-order valence-corrected chi connectivity index (χ0v) is 13.3. The standard InChI is InChI=1S/C16H13F3N6O/c17-16(18,19)11-7-20-4-3-12(11)23-13-5-14(22-10-1-2-10)25-15(24-13)9(8-26)6-21-25/h3-8,10,22H,1-2H2,(H,20,23,24). The zero-order chi connectivity index (χ0) is 18.3. The second-order valence-electron chi connectivity index (χ2n) is 5.94. The van der Waals surface area contributed by atoms with Gasteiger partial charge in [0.15, 0.2) is 11.9 Å². The second kappa shape index (κ2) is 5.97. The van der Waals surface area contributed by atoms with Crippen LogP contribution in [0.5, 0.6) is 0 Å². The van der Waals surface area contributed by atoms with Crippen molar-refractivity contribution in [2.45, 2.75) is 25.1 Å². The van der Waals surface area contributed by atoms with Crippen LogP contribution in [0.4, 0.5) is 30.5 Å². The van der Waals surface area contributed by atoms with Gasteiger partial charge >= 0.3 is 6.18 Å². The van der Waals surface area contributed by atoms with Crippen LogP contribution in [-0.4, -0.2) is 31.9 Å². The van der Waals surface area contributed by atoms with Gasteiger partial charge in [-0.2, -0.15) is 22.8 Å². The Morgan fingerprint density at radius 2 is 2.08 bits per heavy atom. The van der Waals surface area contributed by atoms with E-state index >= 15 is 0 Å². The van der Waals surface area contributed by atoms with Crippen LogP contribution in [0.15, 0.2) is 30.7 Å². The van der Waals surface area contributed by atoms with Gasteiger partial charge in [0.25, 0.3) is 0 Å². The molecular weight excluding hydrogens is 349 g/mol. The first kappa shape index (κ1) is 16.3. The normalized spacial score (nSPS) is 14.4. The van der Waals surface area contributed by atoms with E-state index in [1.165, 1.54) is 23.0 Å². The fourth-order valence-electron chi connectivity index (χ4n) is 2.53. The summed E-state index contributed by atoms with van der Waals surface area (Å²) in [5.74, 6) is 0.719. The number of rotatable bonds is 5. The average molecular weight is 362 g/mol.